The Balaban J connectivity index is 1.73. The first-order valence-electron chi connectivity index (χ1n) is 6.98. The van der Waals surface area contributed by atoms with Crippen molar-refractivity contribution in [2.45, 2.75) is 25.6 Å². The number of benzene rings is 1. The highest BCUT2D eigenvalue weighted by molar-refractivity contribution is 5.74. The Morgan fingerprint density at radius 3 is 2.77 bits per heavy atom. The summed E-state index contributed by atoms with van der Waals surface area (Å²) in [5, 5.41) is 15.3. The third-order valence-electron chi connectivity index (χ3n) is 3.13. The molecule has 0 aliphatic carbocycles. The average molecular weight is 306 g/mol. The number of hydrogen-bond acceptors (Lipinski definition) is 3. The molecule has 2 amide bonds. The van der Waals surface area contributed by atoms with Crippen LogP contribution in [0.3, 0.4) is 0 Å². The molecule has 2 atom stereocenters. The number of halogens is 1. The molecule has 2 aromatic rings. The van der Waals surface area contributed by atoms with Gasteiger partial charge in [0.2, 0.25) is 0 Å². The monoisotopic (exact) mass is 306 g/mol. The Morgan fingerprint density at radius 2 is 2.14 bits per heavy atom. The Kier molecular flexibility index (Phi) is 5.48. The van der Waals surface area contributed by atoms with Crippen LogP contribution in [0.1, 0.15) is 18.6 Å². The fourth-order valence-electron chi connectivity index (χ4n) is 2.02. The second kappa shape index (κ2) is 7.56. The zero-order valence-corrected chi connectivity index (χ0v) is 12.2. The second-order valence-corrected chi connectivity index (χ2v) is 5.08. The molecule has 22 heavy (non-hydrogen) atoms. The van der Waals surface area contributed by atoms with Crippen LogP contribution in [0.25, 0.3) is 0 Å². The van der Waals surface area contributed by atoms with Crippen LogP contribution in [-0.2, 0) is 6.54 Å². The highest BCUT2D eigenvalue weighted by Gasteiger charge is 2.11. The summed E-state index contributed by atoms with van der Waals surface area (Å²) in [5.41, 5.74) is 0.549. The van der Waals surface area contributed by atoms with Crippen LogP contribution in [0.4, 0.5) is 9.18 Å². The smallest absolute Gasteiger partial charge is 0.315 e. The Hall–Kier alpha value is -2.41. The summed E-state index contributed by atoms with van der Waals surface area (Å²) in [6, 6.07) is 5.06. The van der Waals surface area contributed by atoms with Crippen molar-refractivity contribution in [3.8, 4) is 0 Å². The molecular weight excluding hydrogens is 287 g/mol. The van der Waals surface area contributed by atoms with Crippen molar-refractivity contribution < 1.29 is 14.3 Å². The zero-order valence-electron chi connectivity index (χ0n) is 12.2. The average Bonchev–Trinajstić information content (AvgIpc) is 2.98. The fraction of sp³-hybridized carbons (Fsp3) is 0.333. The standard InChI is InChI=1S/C15H19FN4O2/c1-11(9-20-7-6-17-10-20)19-15(22)18-8-14(21)12-2-4-13(16)5-3-12/h2-7,10-11,14,21H,8-9H2,1H3,(H2,18,19,22)/t11-,14+/m0/s1. The Bertz CT molecular complexity index is 586. The van der Waals surface area contributed by atoms with Gasteiger partial charge in [0.1, 0.15) is 5.82 Å². The van der Waals surface area contributed by atoms with Gasteiger partial charge >= 0.3 is 6.03 Å². The number of hydrogen-bond donors (Lipinski definition) is 3. The van der Waals surface area contributed by atoms with Gasteiger partial charge in [-0.2, -0.15) is 0 Å². The number of aliphatic hydroxyl groups is 1. The highest BCUT2D eigenvalue weighted by atomic mass is 19.1. The van der Waals surface area contributed by atoms with Gasteiger partial charge < -0.3 is 20.3 Å². The van der Waals surface area contributed by atoms with Crippen molar-refractivity contribution in [2.75, 3.05) is 6.54 Å². The number of aromatic nitrogens is 2. The van der Waals surface area contributed by atoms with Crippen LogP contribution in [0.15, 0.2) is 43.0 Å². The van der Waals surface area contributed by atoms with Crippen molar-refractivity contribution in [1.82, 2.24) is 20.2 Å². The van der Waals surface area contributed by atoms with E-state index in [1.165, 1.54) is 24.3 Å². The van der Waals surface area contributed by atoms with E-state index in [0.29, 0.717) is 12.1 Å². The van der Waals surface area contributed by atoms with E-state index in [1.807, 2.05) is 17.7 Å². The summed E-state index contributed by atoms with van der Waals surface area (Å²) in [4.78, 5) is 15.7. The summed E-state index contributed by atoms with van der Waals surface area (Å²) < 4.78 is 14.7. The molecule has 1 aromatic heterocycles. The van der Waals surface area contributed by atoms with Crippen molar-refractivity contribution in [3.63, 3.8) is 0 Å². The first-order valence-corrected chi connectivity index (χ1v) is 6.98. The Morgan fingerprint density at radius 1 is 1.41 bits per heavy atom. The third kappa shape index (κ3) is 4.85. The van der Waals surface area contributed by atoms with Gasteiger partial charge in [0.15, 0.2) is 0 Å². The minimum absolute atomic E-state index is 0.0509. The minimum atomic E-state index is -0.879. The van der Waals surface area contributed by atoms with Crippen LogP contribution in [0.5, 0.6) is 0 Å². The molecule has 0 spiro atoms. The molecule has 1 heterocycles. The predicted octanol–water partition coefficient (Wildman–Crippen LogP) is 1.44. The maximum Gasteiger partial charge on any atom is 0.315 e. The molecule has 7 heteroatoms. The lowest BCUT2D eigenvalue weighted by Crippen LogP contribution is -2.43. The van der Waals surface area contributed by atoms with Gasteiger partial charge in [-0.15, -0.1) is 0 Å². The van der Waals surface area contributed by atoms with Gasteiger partial charge in [-0.1, -0.05) is 12.1 Å². The van der Waals surface area contributed by atoms with Crippen molar-refractivity contribution in [2.24, 2.45) is 0 Å². The molecule has 0 unspecified atom stereocenters. The highest BCUT2D eigenvalue weighted by Crippen LogP contribution is 2.12. The molecule has 0 aliphatic heterocycles. The van der Waals surface area contributed by atoms with Gasteiger partial charge in [0.05, 0.1) is 12.4 Å². The SMILES string of the molecule is C[C@@H](Cn1ccnc1)NC(=O)NC[C@@H](O)c1ccc(F)cc1. The minimum Gasteiger partial charge on any atom is -0.387 e. The summed E-state index contributed by atoms with van der Waals surface area (Å²) in [7, 11) is 0. The lowest BCUT2D eigenvalue weighted by molar-refractivity contribution is 0.172. The molecule has 0 saturated heterocycles. The number of urea groups is 1. The molecule has 0 radical (unpaired) electrons. The van der Waals surface area contributed by atoms with E-state index < -0.39 is 6.10 Å². The predicted molar refractivity (Wildman–Crippen MR) is 79.6 cm³/mol. The molecule has 3 N–H and O–H groups in total. The number of carbonyl (C=O) groups excluding carboxylic acids is 1. The maximum absolute atomic E-state index is 12.8. The molecular formula is C15H19FN4O2. The summed E-state index contributed by atoms with van der Waals surface area (Å²) in [6.45, 7) is 2.53. The number of aliphatic hydroxyl groups excluding tert-OH is 1. The third-order valence-corrected chi connectivity index (χ3v) is 3.13. The van der Waals surface area contributed by atoms with Crippen LogP contribution in [0, 0.1) is 5.82 Å². The van der Waals surface area contributed by atoms with Crippen molar-refractivity contribution in [3.05, 3.63) is 54.4 Å². The number of nitrogens with zero attached hydrogens (tertiary/aromatic N) is 2. The van der Waals surface area contributed by atoms with E-state index in [2.05, 4.69) is 15.6 Å². The number of amides is 2. The van der Waals surface area contributed by atoms with E-state index in [9.17, 15) is 14.3 Å². The van der Waals surface area contributed by atoms with Crippen molar-refractivity contribution in [1.29, 1.82) is 0 Å². The van der Waals surface area contributed by atoms with Gasteiger partial charge in [0.25, 0.3) is 0 Å². The van der Waals surface area contributed by atoms with Crippen LogP contribution >= 0.6 is 0 Å². The van der Waals surface area contributed by atoms with Gasteiger partial charge in [-0.25, -0.2) is 14.2 Å². The molecule has 1 aromatic carbocycles. The first kappa shape index (κ1) is 16.0. The van der Waals surface area contributed by atoms with Gasteiger partial charge in [-0.05, 0) is 24.6 Å². The first-order chi connectivity index (χ1) is 10.5. The number of nitrogens with one attached hydrogen (secondary N) is 2. The molecule has 6 nitrogen and oxygen atoms in total. The van der Waals surface area contributed by atoms with Crippen LogP contribution in [0.2, 0.25) is 0 Å². The number of rotatable bonds is 6. The molecule has 0 saturated carbocycles. The van der Waals surface area contributed by atoms with E-state index in [-0.39, 0.29) is 24.4 Å². The second-order valence-electron chi connectivity index (χ2n) is 5.08. The zero-order chi connectivity index (χ0) is 15.9. The molecule has 118 valence electrons. The van der Waals surface area contributed by atoms with E-state index in [1.54, 1.807) is 12.5 Å². The summed E-state index contributed by atoms with van der Waals surface area (Å²) >= 11 is 0. The van der Waals surface area contributed by atoms with E-state index in [0.717, 1.165) is 0 Å². The lowest BCUT2D eigenvalue weighted by Gasteiger charge is -2.17. The fourth-order valence-corrected chi connectivity index (χ4v) is 2.02. The van der Waals surface area contributed by atoms with Gasteiger partial charge in [0, 0.05) is 31.5 Å². The quantitative estimate of drug-likeness (QED) is 0.755. The van der Waals surface area contributed by atoms with E-state index >= 15 is 0 Å². The number of imidazole rings is 1. The normalized spacial score (nSPS) is 13.4. The summed E-state index contributed by atoms with van der Waals surface area (Å²) in [6.07, 6.45) is 4.28. The molecule has 0 bridgehead atoms. The summed E-state index contributed by atoms with van der Waals surface area (Å²) in [5.74, 6) is -0.366. The largest absolute Gasteiger partial charge is 0.387 e. The van der Waals surface area contributed by atoms with Crippen molar-refractivity contribution >= 4 is 6.03 Å². The molecule has 0 aliphatic rings. The maximum atomic E-state index is 12.8. The van der Waals surface area contributed by atoms with Crippen LogP contribution in [-0.4, -0.2) is 33.3 Å². The molecule has 2 rings (SSSR count). The topological polar surface area (TPSA) is 79.2 Å². The van der Waals surface area contributed by atoms with Gasteiger partial charge in [-0.3, -0.25) is 0 Å². The van der Waals surface area contributed by atoms with E-state index in [4.69, 9.17) is 0 Å². The van der Waals surface area contributed by atoms with Crippen LogP contribution < -0.4 is 10.6 Å². The number of carbonyl (C=O) groups is 1. The Labute approximate surface area is 128 Å². The lowest BCUT2D eigenvalue weighted by atomic mass is 10.1. The molecule has 0 fully saturated rings.